The van der Waals surface area contributed by atoms with Gasteiger partial charge in [-0.2, -0.15) is 0 Å². The van der Waals surface area contributed by atoms with Crippen LogP contribution in [-0.4, -0.2) is 26.8 Å². The Balaban J connectivity index is 2.09. The monoisotopic (exact) mass is 248 g/mol. The van der Waals surface area contributed by atoms with Gasteiger partial charge in [0, 0.05) is 39.0 Å². The second kappa shape index (κ2) is 6.21. The third-order valence-corrected chi connectivity index (χ3v) is 3.80. The van der Waals surface area contributed by atoms with E-state index in [0.29, 0.717) is 6.54 Å². The molecule has 1 aromatic carbocycles. The summed E-state index contributed by atoms with van der Waals surface area (Å²) in [4.78, 5) is 2.37. The second-order valence-electron chi connectivity index (χ2n) is 5.22. The first kappa shape index (κ1) is 13.4. The Morgan fingerprint density at radius 1 is 1.33 bits per heavy atom. The van der Waals surface area contributed by atoms with E-state index in [4.69, 9.17) is 10.5 Å². The van der Waals surface area contributed by atoms with Gasteiger partial charge in [0.2, 0.25) is 0 Å². The molecule has 0 aliphatic carbocycles. The molecule has 0 aromatic heterocycles. The number of para-hydroxylation sites is 1. The Kier molecular flexibility index (Phi) is 4.61. The van der Waals surface area contributed by atoms with Crippen molar-refractivity contribution in [2.45, 2.75) is 26.3 Å². The van der Waals surface area contributed by atoms with Crippen molar-refractivity contribution in [3.8, 4) is 0 Å². The normalized spacial score (nSPS) is 16.8. The largest absolute Gasteiger partial charge is 0.381 e. The van der Waals surface area contributed by atoms with Gasteiger partial charge in [0.25, 0.3) is 0 Å². The van der Waals surface area contributed by atoms with Gasteiger partial charge in [0.1, 0.15) is 0 Å². The van der Waals surface area contributed by atoms with Gasteiger partial charge in [-0.3, -0.25) is 0 Å². The van der Waals surface area contributed by atoms with E-state index >= 15 is 0 Å². The van der Waals surface area contributed by atoms with Gasteiger partial charge >= 0.3 is 0 Å². The molecule has 1 heterocycles. The van der Waals surface area contributed by atoms with Crippen LogP contribution in [0.15, 0.2) is 18.2 Å². The molecule has 18 heavy (non-hydrogen) atoms. The van der Waals surface area contributed by atoms with Crippen molar-refractivity contribution in [1.82, 2.24) is 0 Å². The summed E-state index contributed by atoms with van der Waals surface area (Å²) in [6, 6.07) is 6.38. The molecule has 0 atom stereocenters. The molecule has 100 valence electrons. The van der Waals surface area contributed by atoms with Gasteiger partial charge in [-0.25, -0.2) is 0 Å². The van der Waals surface area contributed by atoms with Gasteiger partial charge in [-0.05, 0) is 36.8 Å². The van der Waals surface area contributed by atoms with E-state index in [0.717, 1.165) is 25.7 Å². The van der Waals surface area contributed by atoms with Crippen LogP contribution in [0.25, 0.3) is 0 Å². The topological polar surface area (TPSA) is 38.5 Å². The van der Waals surface area contributed by atoms with Crippen molar-refractivity contribution in [2.24, 2.45) is 11.7 Å². The molecular formula is C15H24N2O. The summed E-state index contributed by atoms with van der Waals surface area (Å²) < 4.78 is 5.42. The van der Waals surface area contributed by atoms with Gasteiger partial charge in [0.05, 0.1) is 0 Å². The number of hydrogen-bond donors (Lipinski definition) is 1. The average molecular weight is 248 g/mol. The molecule has 1 aromatic rings. The van der Waals surface area contributed by atoms with Gasteiger partial charge in [-0.1, -0.05) is 18.2 Å². The first-order valence-electron chi connectivity index (χ1n) is 6.79. The Hall–Kier alpha value is -1.06. The summed E-state index contributed by atoms with van der Waals surface area (Å²) in [7, 11) is 2.18. The highest BCUT2D eigenvalue weighted by atomic mass is 16.5. The summed E-state index contributed by atoms with van der Waals surface area (Å²) in [6.45, 7) is 5.69. The van der Waals surface area contributed by atoms with Crippen LogP contribution in [0.3, 0.4) is 0 Å². The lowest BCUT2D eigenvalue weighted by molar-refractivity contribution is 0.0685. The highest BCUT2D eigenvalue weighted by Crippen LogP contribution is 2.26. The first-order chi connectivity index (χ1) is 8.72. The van der Waals surface area contributed by atoms with Crippen LogP contribution in [0.5, 0.6) is 0 Å². The number of rotatable bonds is 4. The molecule has 0 radical (unpaired) electrons. The van der Waals surface area contributed by atoms with E-state index in [2.05, 4.69) is 37.1 Å². The zero-order chi connectivity index (χ0) is 13.0. The smallest absolute Gasteiger partial charge is 0.0469 e. The van der Waals surface area contributed by atoms with Crippen molar-refractivity contribution >= 4 is 5.69 Å². The number of nitrogens with zero attached hydrogens (tertiary/aromatic N) is 1. The van der Waals surface area contributed by atoms with Gasteiger partial charge in [-0.15, -0.1) is 0 Å². The summed E-state index contributed by atoms with van der Waals surface area (Å²) in [5, 5.41) is 0. The molecule has 3 heteroatoms. The fourth-order valence-corrected chi connectivity index (χ4v) is 2.84. The van der Waals surface area contributed by atoms with Crippen molar-refractivity contribution in [1.29, 1.82) is 0 Å². The number of benzene rings is 1. The van der Waals surface area contributed by atoms with E-state index < -0.39 is 0 Å². The van der Waals surface area contributed by atoms with E-state index in [1.807, 2.05) is 0 Å². The lowest BCUT2D eigenvalue weighted by Crippen LogP contribution is -2.30. The number of aryl methyl sites for hydroxylation is 1. The highest BCUT2D eigenvalue weighted by molar-refractivity contribution is 5.58. The Labute approximate surface area is 110 Å². The zero-order valence-corrected chi connectivity index (χ0v) is 11.5. The zero-order valence-electron chi connectivity index (χ0n) is 11.5. The van der Waals surface area contributed by atoms with Crippen LogP contribution >= 0.6 is 0 Å². The Morgan fingerprint density at radius 3 is 2.72 bits per heavy atom. The maximum absolute atomic E-state index is 5.84. The lowest BCUT2D eigenvalue weighted by atomic mass is 9.98. The minimum atomic E-state index is 0.606. The molecule has 0 amide bonds. The molecule has 0 spiro atoms. The average Bonchev–Trinajstić information content (AvgIpc) is 2.39. The third kappa shape index (κ3) is 3.03. The minimum Gasteiger partial charge on any atom is -0.381 e. The summed E-state index contributed by atoms with van der Waals surface area (Å²) in [5.41, 5.74) is 9.71. The molecule has 0 bridgehead atoms. The number of anilines is 1. The number of nitrogens with two attached hydrogens (primary N) is 1. The SMILES string of the molecule is Cc1cccc(CN)c1N(C)CC1CCOCC1. The molecular weight excluding hydrogens is 224 g/mol. The predicted molar refractivity (Wildman–Crippen MR) is 75.9 cm³/mol. The third-order valence-electron chi connectivity index (χ3n) is 3.80. The maximum atomic E-state index is 5.84. The number of hydrogen-bond acceptors (Lipinski definition) is 3. The van der Waals surface area contributed by atoms with Crippen LogP contribution in [0.2, 0.25) is 0 Å². The molecule has 2 N–H and O–H groups in total. The van der Waals surface area contributed by atoms with E-state index in [1.165, 1.54) is 29.7 Å². The molecule has 1 fully saturated rings. The Morgan fingerprint density at radius 2 is 2.06 bits per heavy atom. The summed E-state index contributed by atoms with van der Waals surface area (Å²) >= 11 is 0. The lowest BCUT2D eigenvalue weighted by Gasteiger charge is -2.30. The van der Waals surface area contributed by atoms with Crippen LogP contribution in [0.1, 0.15) is 24.0 Å². The van der Waals surface area contributed by atoms with Gasteiger partial charge in [0.15, 0.2) is 0 Å². The first-order valence-corrected chi connectivity index (χ1v) is 6.79. The van der Waals surface area contributed by atoms with E-state index in [1.54, 1.807) is 0 Å². The summed E-state index contributed by atoms with van der Waals surface area (Å²) in [6.07, 6.45) is 2.35. The van der Waals surface area contributed by atoms with Crippen LogP contribution in [0.4, 0.5) is 5.69 Å². The molecule has 1 aliphatic rings. The number of ether oxygens (including phenoxy) is 1. The minimum absolute atomic E-state index is 0.606. The van der Waals surface area contributed by atoms with E-state index in [-0.39, 0.29) is 0 Å². The molecule has 1 saturated heterocycles. The van der Waals surface area contributed by atoms with Crippen molar-refractivity contribution in [3.63, 3.8) is 0 Å². The van der Waals surface area contributed by atoms with Crippen LogP contribution in [0, 0.1) is 12.8 Å². The molecule has 0 unspecified atom stereocenters. The molecule has 1 aliphatic heterocycles. The van der Waals surface area contributed by atoms with Crippen molar-refractivity contribution in [3.05, 3.63) is 29.3 Å². The highest BCUT2D eigenvalue weighted by Gasteiger charge is 2.18. The van der Waals surface area contributed by atoms with Gasteiger partial charge < -0.3 is 15.4 Å². The molecule has 3 nitrogen and oxygen atoms in total. The fourth-order valence-electron chi connectivity index (χ4n) is 2.84. The van der Waals surface area contributed by atoms with Crippen molar-refractivity contribution < 1.29 is 4.74 Å². The predicted octanol–water partition coefficient (Wildman–Crippen LogP) is 2.32. The fraction of sp³-hybridized carbons (Fsp3) is 0.600. The Bertz CT molecular complexity index is 386. The standard InChI is InChI=1S/C15H24N2O/c1-12-4-3-5-14(10-16)15(12)17(2)11-13-6-8-18-9-7-13/h3-5,13H,6-11,16H2,1-2H3. The van der Waals surface area contributed by atoms with Crippen LogP contribution in [-0.2, 0) is 11.3 Å². The van der Waals surface area contributed by atoms with E-state index in [9.17, 15) is 0 Å². The summed E-state index contributed by atoms with van der Waals surface area (Å²) in [5.74, 6) is 0.744. The molecule has 2 rings (SSSR count). The van der Waals surface area contributed by atoms with Crippen molar-refractivity contribution in [2.75, 3.05) is 31.7 Å². The van der Waals surface area contributed by atoms with Crippen LogP contribution < -0.4 is 10.6 Å². The second-order valence-corrected chi connectivity index (χ2v) is 5.22. The molecule has 0 saturated carbocycles. The quantitative estimate of drug-likeness (QED) is 0.888. The maximum Gasteiger partial charge on any atom is 0.0469 e.